The third-order valence-corrected chi connectivity index (χ3v) is 2.98. The zero-order chi connectivity index (χ0) is 12.5. The zero-order valence-corrected chi connectivity index (χ0v) is 10.9. The third-order valence-electron chi connectivity index (χ3n) is 2.98. The van der Waals surface area contributed by atoms with Crippen molar-refractivity contribution in [3.8, 4) is 0 Å². The summed E-state index contributed by atoms with van der Waals surface area (Å²) in [5, 5.41) is 2.94. The number of benzene rings is 1. The van der Waals surface area contributed by atoms with Gasteiger partial charge in [0.05, 0.1) is 0 Å². The summed E-state index contributed by atoms with van der Waals surface area (Å²) in [4.78, 5) is 11.9. The van der Waals surface area contributed by atoms with Gasteiger partial charge in [-0.15, -0.1) is 0 Å². The van der Waals surface area contributed by atoms with Crippen molar-refractivity contribution in [2.24, 2.45) is 5.92 Å². The van der Waals surface area contributed by atoms with E-state index in [1.54, 1.807) is 0 Å². The number of para-hydroxylation sites is 1. The molecule has 1 aromatic carbocycles. The number of hydrogen-bond donors (Lipinski definition) is 1. The molecule has 0 bridgehead atoms. The molecule has 1 amide bonds. The van der Waals surface area contributed by atoms with Gasteiger partial charge < -0.3 is 5.32 Å². The van der Waals surface area contributed by atoms with Crippen LogP contribution in [-0.2, 0) is 4.79 Å². The number of hydrogen-bond acceptors (Lipinski definition) is 1. The van der Waals surface area contributed by atoms with E-state index in [0.29, 0.717) is 0 Å². The van der Waals surface area contributed by atoms with Crippen molar-refractivity contribution in [1.82, 2.24) is 0 Å². The minimum Gasteiger partial charge on any atom is -0.326 e. The highest BCUT2D eigenvalue weighted by molar-refractivity contribution is 5.92. The average molecular weight is 233 g/mol. The van der Waals surface area contributed by atoms with Crippen molar-refractivity contribution in [2.75, 3.05) is 5.32 Å². The first-order valence-electron chi connectivity index (χ1n) is 6.60. The third kappa shape index (κ3) is 5.53. The van der Waals surface area contributed by atoms with E-state index >= 15 is 0 Å². The van der Waals surface area contributed by atoms with Crippen LogP contribution in [-0.4, -0.2) is 5.91 Å². The zero-order valence-electron chi connectivity index (χ0n) is 10.9. The Morgan fingerprint density at radius 2 is 1.88 bits per heavy atom. The Bertz CT molecular complexity index is 321. The van der Waals surface area contributed by atoms with Crippen LogP contribution >= 0.6 is 0 Å². The Kier molecular flexibility index (Phi) is 6.38. The summed E-state index contributed by atoms with van der Waals surface area (Å²) >= 11 is 0. The summed E-state index contributed by atoms with van der Waals surface area (Å²) in [7, 11) is 0. The van der Waals surface area contributed by atoms with Crippen molar-refractivity contribution in [2.45, 2.75) is 46.0 Å². The van der Waals surface area contributed by atoms with Crippen molar-refractivity contribution < 1.29 is 4.79 Å². The highest BCUT2D eigenvalue weighted by Crippen LogP contribution is 2.13. The Hall–Kier alpha value is -1.31. The fourth-order valence-electron chi connectivity index (χ4n) is 1.80. The molecule has 0 saturated heterocycles. The predicted octanol–water partition coefficient (Wildman–Crippen LogP) is 4.23. The van der Waals surface area contributed by atoms with Crippen molar-refractivity contribution in [3.05, 3.63) is 30.3 Å². The first-order chi connectivity index (χ1) is 8.24. The topological polar surface area (TPSA) is 29.1 Å². The molecule has 0 aliphatic carbocycles. The van der Waals surface area contributed by atoms with E-state index in [4.69, 9.17) is 0 Å². The second-order valence-corrected chi connectivity index (χ2v) is 4.61. The van der Waals surface area contributed by atoms with E-state index in [9.17, 15) is 4.79 Å². The molecule has 1 atom stereocenters. The van der Waals surface area contributed by atoms with Gasteiger partial charge in [0.1, 0.15) is 0 Å². The van der Waals surface area contributed by atoms with E-state index in [2.05, 4.69) is 12.2 Å². The fraction of sp³-hybridized carbons (Fsp3) is 0.533. The molecule has 0 fully saturated rings. The largest absolute Gasteiger partial charge is 0.326 e. The van der Waals surface area contributed by atoms with Gasteiger partial charge in [-0.05, 0) is 18.6 Å². The number of carbonyl (C=O) groups is 1. The lowest BCUT2D eigenvalue weighted by molar-refractivity contribution is -0.119. The van der Waals surface area contributed by atoms with Gasteiger partial charge in [0, 0.05) is 11.6 Å². The number of anilines is 1. The van der Waals surface area contributed by atoms with Crippen molar-refractivity contribution >= 4 is 11.6 Å². The average Bonchev–Trinajstić information content (AvgIpc) is 2.35. The monoisotopic (exact) mass is 233 g/mol. The van der Waals surface area contributed by atoms with Crippen LogP contribution in [0, 0.1) is 5.92 Å². The highest BCUT2D eigenvalue weighted by atomic mass is 16.1. The van der Waals surface area contributed by atoms with Gasteiger partial charge in [0.15, 0.2) is 0 Å². The number of carbonyl (C=O) groups excluding carboxylic acids is 1. The fourth-order valence-corrected chi connectivity index (χ4v) is 1.80. The quantitative estimate of drug-likeness (QED) is 0.701. The van der Waals surface area contributed by atoms with E-state index in [1.165, 1.54) is 19.3 Å². The molecule has 0 aromatic heterocycles. The standard InChI is InChI=1S/C15H23NO/c1-3-4-5-7-10-13(2)15(17)16-14-11-8-6-9-12-14/h6,8-9,11-13H,3-5,7,10H2,1-2H3,(H,16,17)/t13-/m1/s1. The van der Waals surface area contributed by atoms with Gasteiger partial charge in [-0.2, -0.15) is 0 Å². The molecular weight excluding hydrogens is 210 g/mol. The summed E-state index contributed by atoms with van der Waals surface area (Å²) in [6, 6.07) is 9.65. The molecule has 1 rings (SSSR count). The Balaban J connectivity index is 2.27. The summed E-state index contributed by atoms with van der Waals surface area (Å²) in [5.41, 5.74) is 0.887. The number of nitrogens with one attached hydrogen (secondary N) is 1. The van der Waals surface area contributed by atoms with Crippen LogP contribution in [0.5, 0.6) is 0 Å². The summed E-state index contributed by atoms with van der Waals surface area (Å²) in [6.07, 6.45) is 5.88. The summed E-state index contributed by atoms with van der Waals surface area (Å²) in [5.74, 6) is 0.236. The SMILES string of the molecule is CCCCCC[C@@H](C)C(=O)Nc1ccccc1. The molecule has 1 N–H and O–H groups in total. The molecule has 0 aliphatic heterocycles. The lowest BCUT2D eigenvalue weighted by Gasteiger charge is -2.11. The van der Waals surface area contributed by atoms with Crippen LogP contribution in [0.15, 0.2) is 30.3 Å². The Morgan fingerprint density at radius 1 is 1.18 bits per heavy atom. The highest BCUT2D eigenvalue weighted by Gasteiger charge is 2.12. The lowest BCUT2D eigenvalue weighted by atomic mass is 10.0. The second-order valence-electron chi connectivity index (χ2n) is 4.61. The maximum Gasteiger partial charge on any atom is 0.227 e. The summed E-state index contributed by atoms with van der Waals surface area (Å²) in [6.45, 7) is 4.20. The number of rotatable bonds is 7. The number of unbranched alkanes of at least 4 members (excludes halogenated alkanes) is 3. The molecule has 0 spiro atoms. The molecule has 0 saturated carbocycles. The van der Waals surface area contributed by atoms with Crippen LogP contribution in [0.25, 0.3) is 0 Å². The Labute approximate surface area is 104 Å². The Morgan fingerprint density at radius 3 is 2.53 bits per heavy atom. The molecular formula is C15H23NO. The molecule has 17 heavy (non-hydrogen) atoms. The van der Waals surface area contributed by atoms with Crippen LogP contribution < -0.4 is 5.32 Å². The number of amides is 1. The first-order valence-corrected chi connectivity index (χ1v) is 6.60. The lowest BCUT2D eigenvalue weighted by Crippen LogP contribution is -2.20. The van der Waals surface area contributed by atoms with Gasteiger partial charge in [-0.25, -0.2) is 0 Å². The van der Waals surface area contributed by atoms with E-state index in [1.807, 2.05) is 37.3 Å². The van der Waals surface area contributed by atoms with Gasteiger partial charge in [-0.1, -0.05) is 57.7 Å². The molecule has 2 nitrogen and oxygen atoms in total. The minimum absolute atomic E-state index is 0.104. The molecule has 0 radical (unpaired) electrons. The molecule has 2 heteroatoms. The van der Waals surface area contributed by atoms with Gasteiger partial charge in [-0.3, -0.25) is 4.79 Å². The molecule has 1 aromatic rings. The smallest absolute Gasteiger partial charge is 0.227 e. The first kappa shape index (κ1) is 13.8. The predicted molar refractivity (Wildman–Crippen MR) is 73.0 cm³/mol. The van der Waals surface area contributed by atoms with Crippen LogP contribution in [0.1, 0.15) is 46.0 Å². The molecule has 0 heterocycles. The second kappa shape index (κ2) is 7.88. The van der Waals surface area contributed by atoms with E-state index in [-0.39, 0.29) is 11.8 Å². The summed E-state index contributed by atoms with van der Waals surface area (Å²) < 4.78 is 0. The van der Waals surface area contributed by atoms with Crippen LogP contribution in [0.4, 0.5) is 5.69 Å². The normalized spacial score (nSPS) is 12.1. The van der Waals surface area contributed by atoms with Gasteiger partial charge in [0.25, 0.3) is 0 Å². The van der Waals surface area contributed by atoms with Crippen LogP contribution in [0.2, 0.25) is 0 Å². The van der Waals surface area contributed by atoms with Crippen molar-refractivity contribution in [1.29, 1.82) is 0 Å². The molecule has 0 aliphatic rings. The minimum atomic E-state index is 0.104. The maximum absolute atomic E-state index is 11.9. The van der Waals surface area contributed by atoms with E-state index in [0.717, 1.165) is 18.5 Å². The maximum atomic E-state index is 11.9. The van der Waals surface area contributed by atoms with Crippen LogP contribution in [0.3, 0.4) is 0 Å². The van der Waals surface area contributed by atoms with E-state index < -0.39 is 0 Å². The van der Waals surface area contributed by atoms with Gasteiger partial charge in [0.2, 0.25) is 5.91 Å². The van der Waals surface area contributed by atoms with Gasteiger partial charge >= 0.3 is 0 Å². The molecule has 0 unspecified atom stereocenters. The molecule has 94 valence electrons. The van der Waals surface area contributed by atoms with Crippen molar-refractivity contribution in [3.63, 3.8) is 0 Å².